The summed E-state index contributed by atoms with van der Waals surface area (Å²) in [6.07, 6.45) is 5.29. The van der Waals surface area contributed by atoms with Crippen molar-refractivity contribution < 1.29 is 9.59 Å². The molecule has 1 fully saturated rings. The molecule has 0 atom stereocenters. The number of hydrogen-bond acceptors (Lipinski definition) is 2. The molecule has 0 aromatic rings. The molecular weight excluding hydrogens is 216 g/mol. The van der Waals surface area contributed by atoms with Crippen LogP contribution in [0.2, 0.25) is 0 Å². The largest absolute Gasteiger partial charge is 0.355 e. The van der Waals surface area contributed by atoms with Gasteiger partial charge in [-0.25, -0.2) is 0 Å². The van der Waals surface area contributed by atoms with E-state index in [-0.39, 0.29) is 11.8 Å². The van der Waals surface area contributed by atoms with Crippen LogP contribution in [0.4, 0.5) is 0 Å². The summed E-state index contributed by atoms with van der Waals surface area (Å²) in [7, 11) is 0. The van der Waals surface area contributed by atoms with Gasteiger partial charge in [0.25, 0.3) is 0 Å². The second-order valence-electron chi connectivity index (χ2n) is 5.34. The Morgan fingerprint density at radius 1 is 1.18 bits per heavy atom. The second-order valence-corrected chi connectivity index (χ2v) is 5.34. The van der Waals surface area contributed by atoms with Gasteiger partial charge in [0, 0.05) is 12.6 Å². The highest BCUT2D eigenvalue weighted by atomic mass is 16.2. The fourth-order valence-electron chi connectivity index (χ4n) is 1.49. The molecule has 4 heteroatoms. The van der Waals surface area contributed by atoms with E-state index in [1.54, 1.807) is 13.8 Å². The lowest BCUT2D eigenvalue weighted by Gasteiger charge is -2.22. The summed E-state index contributed by atoms with van der Waals surface area (Å²) < 4.78 is 0. The van der Waals surface area contributed by atoms with Crippen molar-refractivity contribution in [1.29, 1.82) is 0 Å². The van der Waals surface area contributed by atoms with Crippen LogP contribution in [0.25, 0.3) is 0 Å². The zero-order chi connectivity index (χ0) is 12.9. The third-order valence-corrected chi connectivity index (χ3v) is 3.11. The molecular formula is C13H24N2O2. The van der Waals surface area contributed by atoms with Gasteiger partial charge in [-0.05, 0) is 33.1 Å². The van der Waals surface area contributed by atoms with Gasteiger partial charge in [0.1, 0.15) is 5.41 Å². The number of unbranched alkanes of at least 4 members (excludes halogenated alkanes) is 2. The fraction of sp³-hybridized carbons (Fsp3) is 0.846. The van der Waals surface area contributed by atoms with E-state index < -0.39 is 5.41 Å². The number of hydrogen-bond donors (Lipinski definition) is 2. The predicted molar refractivity (Wildman–Crippen MR) is 67.5 cm³/mol. The standard InChI is InChI=1S/C13H24N2O2/c1-4-5-6-9-14-11(16)13(2,3)12(17)15-10-7-8-10/h10H,4-9H2,1-3H3,(H,14,16)(H,15,17). The van der Waals surface area contributed by atoms with Crippen molar-refractivity contribution >= 4 is 11.8 Å². The van der Waals surface area contributed by atoms with Crippen LogP contribution < -0.4 is 10.6 Å². The van der Waals surface area contributed by atoms with Crippen LogP contribution in [0.3, 0.4) is 0 Å². The minimum absolute atomic E-state index is 0.159. The molecule has 17 heavy (non-hydrogen) atoms. The van der Waals surface area contributed by atoms with Gasteiger partial charge in [-0.15, -0.1) is 0 Å². The number of nitrogens with one attached hydrogen (secondary N) is 2. The zero-order valence-electron chi connectivity index (χ0n) is 11.1. The second kappa shape index (κ2) is 6.03. The Hall–Kier alpha value is -1.06. The quantitative estimate of drug-likeness (QED) is 0.524. The summed E-state index contributed by atoms with van der Waals surface area (Å²) in [5, 5.41) is 5.71. The molecule has 2 N–H and O–H groups in total. The van der Waals surface area contributed by atoms with E-state index in [2.05, 4.69) is 17.6 Å². The van der Waals surface area contributed by atoms with Crippen molar-refractivity contribution in [2.75, 3.05) is 6.54 Å². The molecule has 2 amide bonds. The molecule has 0 unspecified atom stereocenters. The van der Waals surface area contributed by atoms with E-state index in [0.29, 0.717) is 12.6 Å². The van der Waals surface area contributed by atoms with Crippen LogP contribution >= 0.6 is 0 Å². The van der Waals surface area contributed by atoms with Gasteiger partial charge in [0.05, 0.1) is 0 Å². The Morgan fingerprint density at radius 2 is 1.82 bits per heavy atom. The first-order valence-electron chi connectivity index (χ1n) is 6.57. The van der Waals surface area contributed by atoms with Crippen molar-refractivity contribution in [3.63, 3.8) is 0 Å². The third kappa shape index (κ3) is 4.36. The van der Waals surface area contributed by atoms with Crippen LogP contribution in [0.5, 0.6) is 0 Å². The maximum Gasteiger partial charge on any atom is 0.235 e. The van der Waals surface area contributed by atoms with Crippen molar-refractivity contribution in [1.82, 2.24) is 10.6 Å². The molecule has 0 heterocycles. The molecule has 0 aromatic carbocycles. The topological polar surface area (TPSA) is 58.2 Å². The summed E-state index contributed by atoms with van der Waals surface area (Å²) >= 11 is 0. The molecule has 0 bridgehead atoms. The first kappa shape index (κ1) is 14.0. The lowest BCUT2D eigenvalue weighted by atomic mass is 9.91. The number of amides is 2. The van der Waals surface area contributed by atoms with Crippen LogP contribution in [0.1, 0.15) is 52.9 Å². The summed E-state index contributed by atoms with van der Waals surface area (Å²) in [5.74, 6) is -0.334. The van der Waals surface area contributed by atoms with Gasteiger partial charge in [-0.3, -0.25) is 9.59 Å². The highest BCUT2D eigenvalue weighted by molar-refractivity contribution is 6.04. The van der Waals surface area contributed by atoms with E-state index in [4.69, 9.17) is 0 Å². The molecule has 4 nitrogen and oxygen atoms in total. The zero-order valence-corrected chi connectivity index (χ0v) is 11.1. The molecule has 98 valence electrons. The normalized spacial score (nSPS) is 15.5. The molecule has 0 aromatic heterocycles. The van der Waals surface area contributed by atoms with Crippen molar-refractivity contribution in [2.24, 2.45) is 5.41 Å². The van der Waals surface area contributed by atoms with Crippen molar-refractivity contribution in [3.8, 4) is 0 Å². The highest BCUT2D eigenvalue weighted by Gasteiger charge is 2.38. The van der Waals surface area contributed by atoms with E-state index in [1.165, 1.54) is 0 Å². The lowest BCUT2D eigenvalue weighted by Crippen LogP contribution is -2.48. The summed E-state index contributed by atoms with van der Waals surface area (Å²) in [4.78, 5) is 23.8. The molecule has 1 rings (SSSR count). The molecule has 0 saturated heterocycles. The summed E-state index contributed by atoms with van der Waals surface area (Å²) in [6, 6.07) is 0.301. The predicted octanol–water partition coefficient (Wildman–Crippen LogP) is 1.60. The van der Waals surface area contributed by atoms with Crippen molar-refractivity contribution in [3.05, 3.63) is 0 Å². The van der Waals surface area contributed by atoms with E-state index in [0.717, 1.165) is 32.1 Å². The number of carbonyl (C=O) groups excluding carboxylic acids is 2. The lowest BCUT2D eigenvalue weighted by molar-refractivity contribution is -0.141. The maximum absolute atomic E-state index is 11.9. The first-order valence-corrected chi connectivity index (χ1v) is 6.57. The fourth-order valence-corrected chi connectivity index (χ4v) is 1.49. The average molecular weight is 240 g/mol. The minimum Gasteiger partial charge on any atom is -0.355 e. The Morgan fingerprint density at radius 3 is 2.35 bits per heavy atom. The van der Waals surface area contributed by atoms with Crippen LogP contribution in [-0.4, -0.2) is 24.4 Å². The summed E-state index contributed by atoms with van der Waals surface area (Å²) in [5.41, 5.74) is -0.963. The monoisotopic (exact) mass is 240 g/mol. The third-order valence-electron chi connectivity index (χ3n) is 3.11. The van der Waals surface area contributed by atoms with Crippen LogP contribution in [0.15, 0.2) is 0 Å². The molecule has 1 saturated carbocycles. The molecule has 0 radical (unpaired) electrons. The average Bonchev–Trinajstić information content (AvgIpc) is 3.07. The van der Waals surface area contributed by atoms with Crippen molar-refractivity contribution in [2.45, 2.75) is 58.9 Å². The maximum atomic E-state index is 11.9. The summed E-state index contributed by atoms with van der Waals surface area (Å²) in [6.45, 7) is 6.14. The highest BCUT2D eigenvalue weighted by Crippen LogP contribution is 2.22. The Bertz CT molecular complexity index is 283. The Kier molecular flexibility index (Phi) is 4.97. The minimum atomic E-state index is -0.963. The Balaban J connectivity index is 2.33. The number of carbonyl (C=O) groups is 2. The van der Waals surface area contributed by atoms with Gasteiger partial charge in [-0.2, -0.15) is 0 Å². The molecule has 0 aliphatic heterocycles. The molecule has 0 spiro atoms. The molecule has 1 aliphatic carbocycles. The van der Waals surface area contributed by atoms with Crippen LogP contribution in [-0.2, 0) is 9.59 Å². The van der Waals surface area contributed by atoms with E-state index in [9.17, 15) is 9.59 Å². The number of rotatable bonds is 7. The first-order chi connectivity index (χ1) is 7.98. The molecule has 1 aliphatic rings. The van der Waals surface area contributed by atoms with Gasteiger partial charge in [0.15, 0.2) is 0 Å². The van der Waals surface area contributed by atoms with Gasteiger partial charge >= 0.3 is 0 Å². The van der Waals surface area contributed by atoms with Crippen LogP contribution in [0, 0.1) is 5.41 Å². The van der Waals surface area contributed by atoms with Gasteiger partial charge < -0.3 is 10.6 Å². The van der Waals surface area contributed by atoms with E-state index >= 15 is 0 Å². The SMILES string of the molecule is CCCCCNC(=O)C(C)(C)C(=O)NC1CC1. The smallest absolute Gasteiger partial charge is 0.235 e. The van der Waals surface area contributed by atoms with Gasteiger partial charge in [-0.1, -0.05) is 19.8 Å². The Labute approximate surface area is 104 Å². The van der Waals surface area contributed by atoms with E-state index in [1.807, 2.05) is 0 Å². The van der Waals surface area contributed by atoms with Gasteiger partial charge in [0.2, 0.25) is 11.8 Å².